The SMILES string of the molecule is CC(C)=CCC/C(C)=C/Cc1cc(C(N)=O)ccc1N. The van der Waals surface area contributed by atoms with E-state index in [4.69, 9.17) is 11.5 Å². The van der Waals surface area contributed by atoms with Crippen molar-refractivity contribution in [1.82, 2.24) is 0 Å². The van der Waals surface area contributed by atoms with Gasteiger partial charge in [-0.15, -0.1) is 0 Å². The fourth-order valence-corrected chi connectivity index (χ4v) is 1.91. The minimum Gasteiger partial charge on any atom is -0.398 e. The molecular formula is C17H24N2O. The van der Waals surface area contributed by atoms with Gasteiger partial charge in [-0.2, -0.15) is 0 Å². The highest BCUT2D eigenvalue weighted by atomic mass is 16.1. The van der Waals surface area contributed by atoms with Crippen LogP contribution in [0.5, 0.6) is 0 Å². The molecule has 0 aliphatic carbocycles. The van der Waals surface area contributed by atoms with Crippen molar-refractivity contribution in [3.8, 4) is 0 Å². The van der Waals surface area contributed by atoms with Gasteiger partial charge in [0.1, 0.15) is 0 Å². The van der Waals surface area contributed by atoms with E-state index in [-0.39, 0.29) is 0 Å². The van der Waals surface area contributed by atoms with Gasteiger partial charge in [-0.25, -0.2) is 0 Å². The first-order valence-corrected chi connectivity index (χ1v) is 6.87. The van der Waals surface area contributed by atoms with Crippen molar-refractivity contribution in [2.45, 2.75) is 40.0 Å². The van der Waals surface area contributed by atoms with E-state index >= 15 is 0 Å². The van der Waals surface area contributed by atoms with E-state index in [1.807, 2.05) is 0 Å². The van der Waals surface area contributed by atoms with E-state index in [0.717, 1.165) is 24.8 Å². The van der Waals surface area contributed by atoms with E-state index in [1.165, 1.54) is 11.1 Å². The lowest BCUT2D eigenvalue weighted by molar-refractivity contribution is 0.1000. The number of nitrogen functional groups attached to an aromatic ring is 1. The van der Waals surface area contributed by atoms with Crippen LogP contribution in [0.3, 0.4) is 0 Å². The summed E-state index contributed by atoms with van der Waals surface area (Å²) in [6, 6.07) is 5.17. The monoisotopic (exact) mass is 272 g/mol. The first-order chi connectivity index (χ1) is 9.40. The number of hydrogen-bond acceptors (Lipinski definition) is 2. The van der Waals surface area contributed by atoms with Crippen LogP contribution >= 0.6 is 0 Å². The third-order valence-corrected chi connectivity index (χ3v) is 3.19. The van der Waals surface area contributed by atoms with E-state index in [1.54, 1.807) is 18.2 Å². The van der Waals surface area contributed by atoms with Crippen molar-refractivity contribution >= 4 is 11.6 Å². The van der Waals surface area contributed by atoms with Gasteiger partial charge < -0.3 is 11.5 Å². The van der Waals surface area contributed by atoms with Crippen molar-refractivity contribution in [3.63, 3.8) is 0 Å². The summed E-state index contributed by atoms with van der Waals surface area (Å²) >= 11 is 0. The highest BCUT2D eigenvalue weighted by Crippen LogP contribution is 2.17. The molecule has 108 valence electrons. The van der Waals surface area contributed by atoms with Gasteiger partial charge in [0.25, 0.3) is 0 Å². The summed E-state index contributed by atoms with van der Waals surface area (Å²) in [7, 11) is 0. The predicted octanol–water partition coefficient (Wildman–Crippen LogP) is 3.60. The van der Waals surface area contributed by atoms with Gasteiger partial charge in [-0.05, 0) is 63.8 Å². The van der Waals surface area contributed by atoms with E-state index in [2.05, 4.69) is 32.9 Å². The molecule has 0 radical (unpaired) electrons. The lowest BCUT2D eigenvalue weighted by Gasteiger charge is -2.06. The molecule has 0 unspecified atom stereocenters. The lowest BCUT2D eigenvalue weighted by atomic mass is 10.0. The van der Waals surface area contributed by atoms with Crippen LogP contribution in [0.4, 0.5) is 5.69 Å². The molecule has 3 heteroatoms. The zero-order chi connectivity index (χ0) is 15.1. The summed E-state index contributed by atoms with van der Waals surface area (Å²) < 4.78 is 0. The van der Waals surface area contributed by atoms with E-state index in [0.29, 0.717) is 11.3 Å². The molecule has 0 fully saturated rings. The highest BCUT2D eigenvalue weighted by Gasteiger charge is 2.04. The number of anilines is 1. The second-order valence-corrected chi connectivity index (χ2v) is 5.35. The molecule has 0 aliphatic rings. The van der Waals surface area contributed by atoms with Gasteiger partial charge >= 0.3 is 0 Å². The van der Waals surface area contributed by atoms with Crippen LogP contribution in [0.15, 0.2) is 41.5 Å². The molecule has 3 nitrogen and oxygen atoms in total. The van der Waals surface area contributed by atoms with Gasteiger partial charge in [-0.3, -0.25) is 4.79 Å². The summed E-state index contributed by atoms with van der Waals surface area (Å²) in [5, 5.41) is 0. The average molecular weight is 272 g/mol. The zero-order valence-electron chi connectivity index (χ0n) is 12.6. The molecule has 0 aliphatic heterocycles. The first-order valence-electron chi connectivity index (χ1n) is 6.87. The Morgan fingerprint density at radius 2 is 1.90 bits per heavy atom. The van der Waals surface area contributed by atoms with Crippen molar-refractivity contribution < 1.29 is 4.79 Å². The summed E-state index contributed by atoms with van der Waals surface area (Å²) in [6.45, 7) is 6.33. The number of carbonyl (C=O) groups excluding carboxylic acids is 1. The van der Waals surface area contributed by atoms with Crippen LogP contribution in [0, 0.1) is 0 Å². The number of rotatable bonds is 6. The Morgan fingerprint density at radius 1 is 1.20 bits per heavy atom. The summed E-state index contributed by atoms with van der Waals surface area (Å²) in [5.41, 5.74) is 16.0. The Kier molecular flexibility index (Phi) is 6.04. The Labute approximate surface area is 121 Å². The maximum atomic E-state index is 11.2. The number of hydrogen-bond donors (Lipinski definition) is 2. The third kappa shape index (κ3) is 5.31. The molecule has 4 N–H and O–H groups in total. The molecule has 0 bridgehead atoms. The maximum Gasteiger partial charge on any atom is 0.248 e. The fourth-order valence-electron chi connectivity index (χ4n) is 1.91. The maximum absolute atomic E-state index is 11.2. The molecule has 1 rings (SSSR count). The van der Waals surface area contributed by atoms with Gasteiger partial charge in [0, 0.05) is 11.3 Å². The van der Waals surface area contributed by atoms with Gasteiger partial charge in [0.15, 0.2) is 0 Å². The molecule has 20 heavy (non-hydrogen) atoms. The Balaban J connectivity index is 2.70. The van der Waals surface area contributed by atoms with E-state index < -0.39 is 5.91 Å². The second kappa shape index (κ2) is 7.53. The molecule has 0 aromatic heterocycles. The van der Waals surface area contributed by atoms with Crippen molar-refractivity contribution in [3.05, 3.63) is 52.6 Å². The van der Waals surface area contributed by atoms with Crippen molar-refractivity contribution in [2.75, 3.05) is 5.73 Å². The number of benzene rings is 1. The largest absolute Gasteiger partial charge is 0.398 e. The number of primary amides is 1. The fraction of sp³-hybridized carbons (Fsp3) is 0.353. The van der Waals surface area contributed by atoms with Gasteiger partial charge in [0.2, 0.25) is 5.91 Å². The molecular weight excluding hydrogens is 248 g/mol. The van der Waals surface area contributed by atoms with Crippen LogP contribution in [-0.4, -0.2) is 5.91 Å². The smallest absolute Gasteiger partial charge is 0.248 e. The van der Waals surface area contributed by atoms with Gasteiger partial charge in [-0.1, -0.05) is 23.3 Å². The standard InChI is InChI=1S/C17H24N2O/c1-12(2)5-4-6-13(3)7-8-14-11-15(17(19)20)9-10-16(14)18/h5,7,9-11H,4,6,8,18H2,1-3H3,(H2,19,20)/b13-7+. The summed E-state index contributed by atoms with van der Waals surface area (Å²) in [4.78, 5) is 11.2. The topological polar surface area (TPSA) is 69.1 Å². The quantitative estimate of drug-likeness (QED) is 0.613. The van der Waals surface area contributed by atoms with Gasteiger partial charge in [0.05, 0.1) is 0 Å². The first kappa shape index (κ1) is 16.0. The normalized spacial score (nSPS) is 11.2. The number of amides is 1. The highest BCUT2D eigenvalue weighted by molar-refractivity contribution is 5.93. The second-order valence-electron chi connectivity index (χ2n) is 5.35. The molecule has 1 aromatic carbocycles. The number of carbonyl (C=O) groups is 1. The molecule has 0 heterocycles. The van der Waals surface area contributed by atoms with Crippen LogP contribution < -0.4 is 11.5 Å². The third-order valence-electron chi connectivity index (χ3n) is 3.19. The van der Waals surface area contributed by atoms with Crippen LogP contribution in [0.2, 0.25) is 0 Å². The zero-order valence-corrected chi connectivity index (χ0v) is 12.6. The Morgan fingerprint density at radius 3 is 2.50 bits per heavy atom. The molecule has 0 saturated heterocycles. The number of allylic oxidation sites excluding steroid dienone is 4. The Hall–Kier alpha value is -2.03. The van der Waals surface area contributed by atoms with Crippen LogP contribution in [0.1, 0.15) is 49.5 Å². The average Bonchev–Trinajstić information content (AvgIpc) is 2.37. The minimum atomic E-state index is -0.421. The van der Waals surface area contributed by atoms with Crippen molar-refractivity contribution in [1.29, 1.82) is 0 Å². The predicted molar refractivity (Wildman–Crippen MR) is 85.5 cm³/mol. The van der Waals surface area contributed by atoms with E-state index in [9.17, 15) is 4.79 Å². The van der Waals surface area contributed by atoms with Crippen LogP contribution in [0.25, 0.3) is 0 Å². The Bertz CT molecular complexity index is 538. The van der Waals surface area contributed by atoms with Crippen LogP contribution in [-0.2, 0) is 6.42 Å². The van der Waals surface area contributed by atoms with Crippen molar-refractivity contribution in [2.24, 2.45) is 5.73 Å². The summed E-state index contributed by atoms with van der Waals surface area (Å²) in [6.07, 6.45) is 7.23. The molecule has 1 aromatic rings. The molecule has 0 saturated carbocycles. The minimum absolute atomic E-state index is 0.421. The molecule has 1 amide bonds. The number of nitrogens with two attached hydrogens (primary N) is 2. The molecule has 0 spiro atoms. The molecule has 0 atom stereocenters. The summed E-state index contributed by atoms with van der Waals surface area (Å²) in [5.74, 6) is -0.421. The lowest BCUT2D eigenvalue weighted by Crippen LogP contribution is -2.11.